The number of esters is 1. The van der Waals surface area contributed by atoms with E-state index in [1.54, 1.807) is 18.2 Å². The Balaban J connectivity index is 2.12. The largest absolute Gasteiger partial charge is 0.487 e. The molecule has 3 nitrogen and oxygen atoms in total. The fourth-order valence-corrected chi connectivity index (χ4v) is 2.63. The van der Waals surface area contributed by atoms with E-state index in [9.17, 15) is 9.18 Å². The molecular formula is C19H20ClFO3. The van der Waals surface area contributed by atoms with Gasteiger partial charge in [0, 0.05) is 12.0 Å². The van der Waals surface area contributed by atoms with E-state index < -0.39 is 0 Å². The van der Waals surface area contributed by atoms with E-state index in [-0.39, 0.29) is 24.8 Å². The summed E-state index contributed by atoms with van der Waals surface area (Å²) in [6.07, 6.45) is 1.47. The van der Waals surface area contributed by atoms with Gasteiger partial charge < -0.3 is 9.47 Å². The van der Waals surface area contributed by atoms with Crippen molar-refractivity contribution < 1.29 is 18.7 Å². The molecule has 0 spiro atoms. The first-order valence-corrected chi connectivity index (χ1v) is 8.17. The van der Waals surface area contributed by atoms with Gasteiger partial charge >= 0.3 is 5.97 Å². The van der Waals surface area contributed by atoms with Crippen LogP contribution in [-0.2, 0) is 29.0 Å². The molecule has 0 aliphatic carbocycles. The minimum absolute atomic E-state index is 0.0500. The van der Waals surface area contributed by atoms with Crippen LogP contribution in [-0.4, -0.2) is 13.1 Å². The third kappa shape index (κ3) is 4.71. The maximum atomic E-state index is 14.1. The Hall–Kier alpha value is -2.07. The van der Waals surface area contributed by atoms with Gasteiger partial charge in [-0.3, -0.25) is 4.79 Å². The molecule has 0 saturated heterocycles. The molecule has 0 aliphatic rings. The van der Waals surface area contributed by atoms with Crippen molar-refractivity contribution in [1.82, 2.24) is 0 Å². The Morgan fingerprint density at radius 3 is 2.71 bits per heavy atom. The van der Waals surface area contributed by atoms with Gasteiger partial charge in [0.2, 0.25) is 0 Å². The molecule has 2 aromatic carbocycles. The van der Waals surface area contributed by atoms with Crippen molar-refractivity contribution in [3.63, 3.8) is 0 Å². The van der Waals surface area contributed by atoms with Crippen LogP contribution in [0.15, 0.2) is 36.4 Å². The SMILES string of the molecule is CCc1ccc(OCc2c(F)cccc2CCC(=O)OC)c(Cl)c1. The van der Waals surface area contributed by atoms with Crippen LogP contribution in [0, 0.1) is 5.82 Å². The van der Waals surface area contributed by atoms with E-state index in [0.717, 1.165) is 17.5 Å². The third-order valence-electron chi connectivity index (χ3n) is 3.82. The minimum atomic E-state index is -0.362. The quantitative estimate of drug-likeness (QED) is 0.677. The first kappa shape index (κ1) is 18.3. The number of hydrogen-bond donors (Lipinski definition) is 0. The van der Waals surface area contributed by atoms with Crippen molar-refractivity contribution in [2.75, 3.05) is 7.11 Å². The molecule has 0 amide bonds. The molecule has 0 fully saturated rings. The summed E-state index contributed by atoms with van der Waals surface area (Å²) in [6.45, 7) is 2.09. The van der Waals surface area contributed by atoms with E-state index in [0.29, 0.717) is 22.8 Å². The summed E-state index contributed by atoms with van der Waals surface area (Å²) in [5, 5.41) is 0.502. The topological polar surface area (TPSA) is 35.5 Å². The zero-order valence-electron chi connectivity index (χ0n) is 13.8. The fourth-order valence-electron chi connectivity index (χ4n) is 2.37. The number of methoxy groups -OCH3 is 1. The molecule has 0 heterocycles. The number of halogens is 2. The van der Waals surface area contributed by atoms with Gasteiger partial charge in [-0.15, -0.1) is 0 Å². The molecule has 5 heteroatoms. The molecule has 0 saturated carbocycles. The summed E-state index contributed by atoms with van der Waals surface area (Å²) in [4.78, 5) is 11.3. The highest BCUT2D eigenvalue weighted by Gasteiger charge is 2.12. The average Bonchev–Trinajstić information content (AvgIpc) is 2.59. The van der Waals surface area contributed by atoms with Gasteiger partial charge in [0.05, 0.1) is 12.1 Å². The fraction of sp³-hybridized carbons (Fsp3) is 0.316. The normalized spacial score (nSPS) is 10.5. The lowest BCUT2D eigenvalue weighted by atomic mass is 10.0. The minimum Gasteiger partial charge on any atom is -0.487 e. The Kier molecular flexibility index (Phi) is 6.62. The number of carbonyl (C=O) groups excluding carboxylic acids is 1. The van der Waals surface area contributed by atoms with Crippen LogP contribution in [0.4, 0.5) is 4.39 Å². The molecule has 0 unspecified atom stereocenters. The van der Waals surface area contributed by atoms with E-state index in [4.69, 9.17) is 16.3 Å². The zero-order chi connectivity index (χ0) is 17.5. The Labute approximate surface area is 146 Å². The Bertz CT molecular complexity index is 716. The molecule has 24 heavy (non-hydrogen) atoms. The monoisotopic (exact) mass is 350 g/mol. The Morgan fingerprint density at radius 1 is 1.25 bits per heavy atom. The second-order valence-corrected chi connectivity index (χ2v) is 5.77. The second-order valence-electron chi connectivity index (χ2n) is 5.36. The van der Waals surface area contributed by atoms with Crippen LogP contribution < -0.4 is 4.74 Å². The molecule has 2 rings (SSSR count). The molecule has 2 aromatic rings. The van der Waals surface area contributed by atoms with Crippen LogP contribution in [0.2, 0.25) is 5.02 Å². The number of rotatable bonds is 7. The van der Waals surface area contributed by atoms with Crippen LogP contribution in [0.1, 0.15) is 30.0 Å². The predicted octanol–water partition coefficient (Wildman–Crippen LogP) is 4.73. The van der Waals surface area contributed by atoms with Gasteiger partial charge in [0.1, 0.15) is 18.2 Å². The highest BCUT2D eigenvalue weighted by molar-refractivity contribution is 6.32. The summed E-state index contributed by atoms with van der Waals surface area (Å²) < 4.78 is 24.5. The molecule has 0 aromatic heterocycles. The van der Waals surface area contributed by atoms with Gasteiger partial charge in [0.15, 0.2) is 0 Å². The van der Waals surface area contributed by atoms with Gasteiger partial charge in [0.25, 0.3) is 0 Å². The van der Waals surface area contributed by atoms with Crippen molar-refractivity contribution in [1.29, 1.82) is 0 Å². The van der Waals surface area contributed by atoms with Crippen LogP contribution >= 0.6 is 11.6 Å². The van der Waals surface area contributed by atoms with E-state index in [1.165, 1.54) is 13.2 Å². The third-order valence-corrected chi connectivity index (χ3v) is 4.11. The number of benzene rings is 2. The lowest BCUT2D eigenvalue weighted by molar-refractivity contribution is -0.140. The first-order valence-electron chi connectivity index (χ1n) is 7.79. The lowest BCUT2D eigenvalue weighted by Crippen LogP contribution is -2.07. The molecule has 0 radical (unpaired) electrons. The number of ether oxygens (including phenoxy) is 2. The number of carbonyl (C=O) groups is 1. The second kappa shape index (κ2) is 8.69. The van der Waals surface area contributed by atoms with Crippen molar-refractivity contribution >= 4 is 17.6 Å². The molecule has 0 atom stereocenters. The highest BCUT2D eigenvalue weighted by atomic mass is 35.5. The highest BCUT2D eigenvalue weighted by Crippen LogP contribution is 2.27. The van der Waals surface area contributed by atoms with Crippen LogP contribution in [0.25, 0.3) is 0 Å². The smallest absolute Gasteiger partial charge is 0.305 e. The van der Waals surface area contributed by atoms with Gasteiger partial charge in [-0.05, 0) is 42.2 Å². The number of hydrogen-bond acceptors (Lipinski definition) is 3. The summed E-state index contributed by atoms with van der Waals surface area (Å²) in [7, 11) is 1.33. The predicted molar refractivity (Wildman–Crippen MR) is 91.9 cm³/mol. The lowest BCUT2D eigenvalue weighted by Gasteiger charge is -2.13. The zero-order valence-corrected chi connectivity index (χ0v) is 14.5. The Morgan fingerprint density at radius 2 is 2.04 bits per heavy atom. The first-order chi connectivity index (χ1) is 11.5. The summed E-state index contributed by atoms with van der Waals surface area (Å²) in [5.41, 5.74) is 2.26. The summed E-state index contributed by atoms with van der Waals surface area (Å²) in [5.74, 6) is -0.181. The summed E-state index contributed by atoms with van der Waals surface area (Å²) >= 11 is 6.20. The maximum absolute atomic E-state index is 14.1. The molecule has 0 bridgehead atoms. The van der Waals surface area contributed by atoms with Gasteiger partial charge in [-0.1, -0.05) is 36.7 Å². The van der Waals surface area contributed by atoms with E-state index in [2.05, 4.69) is 4.74 Å². The van der Waals surface area contributed by atoms with E-state index >= 15 is 0 Å². The van der Waals surface area contributed by atoms with Crippen molar-refractivity contribution in [2.24, 2.45) is 0 Å². The van der Waals surface area contributed by atoms with Crippen LogP contribution in [0.5, 0.6) is 5.75 Å². The maximum Gasteiger partial charge on any atom is 0.305 e. The van der Waals surface area contributed by atoms with Gasteiger partial charge in [-0.2, -0.15) is 0 Å². The molecule has 0 aliphatic heterocycles. The van der Waals surface area contributed by atoms with Crippen molar-refractivity contribution in [3.05, 3.63) is 63.9 Å². The molecular weight excluding hydrogens is 331 g/mol. The standard InChI is InChI=1S/C19H20ClFO3/c1-3-13-7-9-18(16(20)11-13)24-12-15-14(5-4-6-17(15)21)8-10-19(22)23-2/h4-7,9,11H,3,8,10,12H2,1-2H3. The average molecular weight is 351 g/mol. The van der Waals surface area contributed by atoms with E-state index in [1.807, 2.05) is 19.1 Å². The summed E-state index contributed by atoms with van der Waals surface area (Å²) in [6, 6.07) is 10.3. The van der Waals surface area contributed by atoms with Crippen molar-refractivity contribution in [2.45, 2.75) is 32.8 Å². The van der Waals surface area contributed by atoms with Crippen molar-refractivity contribution in [3.8, 4) is 5.75 Å². The molecule has 0 N–H and O–H groups in total. The van der Waals surface area contributed by atoms with Gasteiger partial charge in [-0.25, -0.2) is 4.39 Å². The van der Waals surface area contributed by atoms with Crippen LogP contribution in [0.3, 0.4) is 0 Å². The molecule has 128 valence electrons. The number of aryl methyl sites for hydroxylation is 2.